The zero-order valence-corrected chi connectivity index (χ0v) is 12.1. The maximum atomic E-state index is 11.0. The average molecular weight is 286 g/mol. The Morgan fingerprint density at radius 3 is 2.57 bits per heavy atom. The molecule has 1 N–H and O–H groups in total. The molecule has 0 aliphatic rings. The van der Waals surface area contributed by atoms with Crippen LogP contribution in [0.15, 0.2) is 42.5 Å². The smallest absolute Gasteiger partial charge is 0.335 e. The van der Waals surface area contributed by atoms with Crippen molar-refractivity contribution in [2.45, 2.75) is 20.5 Å². The van der Waals surface area contributed by atoms with Crippen LogP contribution >= 0.6 is 0 Å². The van der Waals surface area contributed by atoms with Gasteiger partial charge in [-0.25, -0.2) is 4.79 Å². The van der Waals surface area contributed by atoms with Crippen LogP contribution in [0.25, 0.3) is 0 Å². The minimum Gasteiger partial charge on any atom is -0.493 e. The minimum atomic E-state index is -0.963. The summed E-state index contributed by atoms with van der Waals surface area (Å²) in [7, 11) is 0. The number of hydrogen-bond donors (Lipinski definition) is 1. The molecule has 0 unspecified atom stereocenters. The Bertz CT molecular complexity index is 634. The summed E-state index contributed by atoms with van der Waals surface area (Å²) in [6, 6.07) is 12.5. The average Bonchev–Trinajstić information content (AvgIpc) is 2.48. The van der Waals surface area contributed by atoms with Gasteiger partial charge in [-0.15, -0.1) is 0 Å². The third-order valence-corrected chi connectivity index (χ3v) is 3.09. The lowest BCUT2D eigenvalue weighted by Gasteiger charge is -2.13. The van der Waals surface area contributed by atoms with Gasteiger partial charge in [-0.3, -0.25) is 0 Å². The number of para-hydroxylation sites is 1. The number of carboxylic acid groups (broad SMARTS) is 1. The molecular weight excluding hydrogens is 268 g/mol. The second-order valence-corrected chi connectivity index (χ2v) is 4.61. The van der Waals surface area contributed by atoms with Crippen LogP contribution in [-0.2, 0) is 6.61 Å². The molecule has 0 aliphatic heterocycles. The molecule has 0 aliphatic carbocycles. The van der Waals surface area contributed by atoms with E-state index >= 15 is 0 Å². The predicted molar refractivity (Wildman–Crippen MR) is 80.1 cm³/mol. The van der Waals surface area contributed by atoms with Crippen molar-refractivity contribution in [2.75, 3.05) is 6.61 Å². The van der Waals surface area contributed by atoms with Crippen LogP contribution in [0.5, 0.6) is 11.5 Å². The Morgan fingerprint density at radius 1 is 1.10 bits per heavy atom. The first-order valence-electron chi connectivity index (χ1n) is 6.79. The highest BCUT2D eigenvalue weighted by Crippen LogP contribution is 2.24. The van der Waals surface area contributed by atoms with Gasteiger partial charge >= 0.3 is 5.97 Å². The van der Waals surface area contributed by atoms with E-state index in [1.807, 2.05) is 38.1 Å². The summed E-state index contributed by atoms with van der Waals surface area (Å²) in [5, 5.41) is 9.02. The number of rotatable bonds is 6. The SMILES string of the molecule is CCOc1ccccc1COc1cc(C(=O)O)ccc1C. The summed E-state index contributed by atoms with van der Waals surface area (Å²) < 4.78 is 11.3. The lowest BCUT2D eigenvalue weighted by molar-refractivity contribution is 0.0696. The molecule has 110 valence electrons. The highest BCUT2D eigenvalue weighted by Gasteiger charge is 2.09. The zero-order valence-electron chi connectivity index (χ0n) is 12.1. The third kappa shape index (κ3) is 3.75. The van der Waals surface area contributed by atoms with Gasteiger partial charge in [-0.1, -0.05) is 24.3 Å². The van der Waals surface area contributed by atoms with Crippen molar-refractivity contribution in [2.24, 2.45) is 0 Å². The van der Waals surface area contributed by atoms with Gasteiger partial charge in [0.05, 0.1) is 12.2 Å². The molecule has 4 nitrogen and oxygen atoms in total. The fraction of sp³-hybridized carbons (Fsp3) is 0.235. The van der Waals surface area contributed by atoms with Crippen molar-refractivity contribution in [1.82, 2.24) is 0 Å². The van der Waals surface area contributed by atoms with Crippen LogP contribution in [0.3, 0.4) is 0 Å². The van der Waals surface area contributed by atoms with Gasteiger partial charge in [0.1, 0.15) is 18.1 Å². The van der Waals surface area contributed by atoms with E-state index in [1.54, 1.807) is 18.2 Å². The van der Waals surface area contributed by atoms with Crippen molar-refractivity contribution < 1.29 is 19.4 Å². The van der Waals surface area contributed by atoms with Gasteiger partial charge in [-0.05, 0) is 37.6 Å². The van der Waals surface area contributed by atoms with E-state index in [2.05, 4.69) is 0 Å². The molecule has 2 aromatic rings. The van der Waals surface area contributed by atoms with E-state index in [1.165, 1.54) is 0 Å². The zero-order chi connectivity index (χ0) is 15.2. The molecule has 0 saturated heterocycles. The maximum Gasteiger partial charge on any atom is 0.335 e. The molecule has 2 aromatic carbocycles. The van der Waals surface area contributed by atoms with Crippen LogP contribution in [0.2, 0.25) is 0 Å². The lowest BCUT2D eigenvalue weighted by Crippen LogP contribution is -2.03. The van der Waals surface area contributed by atoms with Crippen molar-refractivity contribution in [3.63, 3.8) is 0 Å². The Balaban J connectivity index is 2.16. The molecule has 21 heavy (non-hydrogen) atoms. The van der Waals surface area contributed by atoms with Gasteiger partial charge in [-0.2, -0.15) is 0 Å². The van der Waals surface area contributed by atoms with Gasteiger partial charge < -0.3 is 14.6 Å². The number of benzene rings is 2. The topological polar surface area (TPSA) is 55.8 Å². The van der Waals surface area contributed by atoms with Crippen LogP contribution in [0.4, 0.5) is 0 Å². The number of ether oxygens (including phenoxy) is 2. The second-order valence-electron chi connectivity index (χ2n) is 4.61. The summed E-state index contributed by atoms with van der Waals surface area (Å²) in [6.07, 6.45) is 0. The molecule has 0 saturated carbocycles. The third-order valence-electron chi connectivity index (χ3n) is 3.09. The first-order chi connectivity index (χ1) is 10.1. The van der Waals surface area contributed by atoms with Gasteiger partial charge in [0, 0.05) is 5.56 Å². The van der Waals surface area contributed by atoms with E-state index in [0.717, 1.165) is 16.9 Å². The fourth-order valence-corrected chi connectivity index (χ4v) is 1.96. The minimum absolute atomic E-state index is 0.216. The van der Waals surface area contributed by atoms with Gasteiger partial charge in [0.15, 0.2) is 0 Å². The maximum absolute atomic E-state index is 11.0. The van der Waals surface area contributed by atoms with Crippen LogP contribution < -0.4 is 9.47 Å². The van der Waals surface area contributed by atoms with Crippen LogP contribution in [0, 0.1) is 6.92 Å². The van der Waals surface area contributed by atoms with E-state index in [-0.39, 0.29) is 5.56 Å². The highest BCUT2D eigenvalue weighted by atomic mass is 16.5. The second kappa shape index (κ2) is 6.79. The first-order valence-corrected chi connectivity index (χ1v) is 6.79. The highest BCUT2D eigenvalue weighted by molar-refractivity contribution is 5.88. The standard InChI is InChI=1S/C17H18O4/c1-3-20-15-7-5-4-6-14(15)11-21-16-10-13(17(18)19)9-8-12(16)2/h4-10H,3,11H2,1-2H3,(H,18,19). The quantitative estimate of drug-likeness (QED) is 0.880. The van der Waals surface area contributed by atoms with Crippen molar-refractivity contribution in [3.05, 3.63) is 59.2 Å². The molecule has 4 heteroatoms. The molecule has 0 aromatic heterocycles. The van der Waals surface area contributed by atoms with Gasteiger partial charge in [0.25, 0.3) is 0 Å². The molecule has 2 rings (SSSR count). The largest absolute Gasteiger partial charge is 0.493 e. The first kappa shape index (κ1) is 14.9. The van der Waals surface area contributed by atoms with E-state index < -0.39 is 5.97 Å². The monoisotopic (exact) mass is 286 g/mol. The normalized spacial score (nSPS) is 10.2. The Labute approximate surface area is 123 Å². The molecule has 0 heterocycles. The van der Waals surface area contributed by atoms with Crippen LogP contribution in [-0.4, -0.2) is 17.7 Å². The Morgan fingerprint density at radius 2 is 1.86 bits per heavy atom. The molecule has 0 amide bonds. The van der Waals surface area contributed by atoms with Crippen LogP contribution in [0.1, 0.15) is 28.4 Å². The number of carboxylic acids is 1. The number of aryl methyl sites for hydroxylation is 1. The molecule has 0 radical (unpaired) electrons. The van der Waals surface area contributed by atoms with E-state index in [0.29, 0.717) is 19.0 Å². The molecule has 0 fully saturated rings. The summed E-state index contributed by atoms with van der Waals surface area (Å²) in [4.78, 5) is 11.0. The fourth-order valence-electron chi connectivity index (χ4n) is 1.96. The number of hydrogen-bond acceptors (Lipinski definition) is 3. The molecule has 0 spiro atoms. The Kier molecular flexibility index (Phi) is 4.82. The van der Waals surface area contributed by atoms with Gasteiger partial charge in [0.2, 0.25) is 0 Å². The molecular formula is C17H18O4. The molecule has 0 atom stereocenters. The lowest BCUT2D eigenvalue weighted by atomic mass is 10.1. The molecule has 0 bridgehead atoms. The van der Waals surface area contributed by atoms with Crippen molar-refractivity contribution in [1.29, 1.82) is 0 Å². The number of aromatic carboxylic acids is 1. The summed E-state index contributed by atoms with van der Waals surface area (Å²) in [5.41, 5.74) is 2.04. The number of carbonyl (C=O) groups is 1. The van der Waals surface area contributed by atoms with E-state index in [9.17, 15) is 4.79 Å². The van der Waals surface area contributed by atoms with E-state index in [4.69, 9.17) is 14.6 Å². The van der Waals surface area contributed by atoms with Crippen molar-refractivity contribution >= 4 is 5.97 Å². The predicted octanol–water partition coefficient (Wildman–Crippen LogP) is 3.67. The summed E-state index contributed by atoms with van der Waals surface area (Å²) in [5.74, 6) is 0.391. The Hall–Kier alpha value is -2.49. The van der Waals surface area contributed by atoms with Crippen molar-refractivity contribution in [3.8, 4) is 11.5 Å². The summed E-state index contributed by atoms with van der Waals surface area (Å²) in [6.45, 7) is 4.73. The summed E-state index contributed by atoms with van der Waals surface area (Å²) >= 11 is 0.